The number of carboxylic acids is 1. The molecule has 0 saturated heterocycles. The van der Waals surface area contributed by atoms with Gasteiger partial charge in [0.2, 0.25) is 0 Å². The molecule has 0 amide bonds. The summed E-state index contributed by atoms with van der Waals surface area (Å²) in [7, 11) is 0. The molecular weight excluding hydrogens is 293 g/mol. The molecule has 6 nitrogen and oxygen atoms in total. The van der Waals surface area contributed by atoms with E-state index in [0.717, 1.165) is 12.1 Å². The number of alkyl halides is 3. The number of nitrogens with zero attached hydrogens (tertiary/aromatic N) is 1. The van der Waals surface area contributed by atoms with E-state index >= 15 is 0 Å². The van der Waals surface area contributed by atoms with E-state index in [1.54, 1.807) is 0 Å². The number of non-ortho nitro benzene ring substituents is 1. The smallest absolute Gasteiger partial charge is 0.418 e. The van der Waals surface area contributed by atoms with E-state index < -0.39 is 39.4 Å². The number of rotatable bonds is 5. The van der Waals surface area contributed by atoms with Gasteiger partial charge in [-0.05, 0) is 19.9 Å². The molecule has 9 heteroatoms. The van der Waals surface area contributed by atoms with Gasteiger partial charge in [-0.3, -0.25) is 14.9 Å². The van der Waals surface area contributed by atoms with E-state index in [4.69, 9.17) is 5.11 Å². The van der Waals surface area contributed by atoms with Crippen LogP contribution < -0.4 is 5.32 Å². The van der Waals surface area contributed by atoms with Crippen molar-refractivity contribution in [3.8, 4) is 0 Å². The Labute approximate surface area is 117 Å². The number of hydrogen-bond donors (Lipinski definition) is 2. The summed E-state index contributed by atoms with van der Waals surface area (Å²) in [5.41, 5.74) is -3.59. The summed E-state index contributed by atoms with van der Waals surface area (Å²) in [5, 5.41) is 21.8. The summed E-state index contributed by atoms with van der Waals surface area (Å²) in [4.78, 5) is 20.5. The summed E-state index contributed by atoms with van der Waals surface area (Å²) in [5.74, 6) is -1.18. The van der Waals surface area contributed by atoms with Crippen molar-refractivity contribution in [2.75, 3.05) is 11.9 Å². The SMILES string of the molecule is CC(C)(CNc1ccc([N+](=O)[O-])cc1C(F)(F)F)C(=O)O. The summed E-state index contributed by atoms with van der Waals surface area (Å²) >= 11 is 0. The van der Waals surface area contributed by atoms with Gasteiger partial charge in [-0.2, -0.15) is 13.2 Å². The van der Waals surface area contributed by atoms with Crippen molar-refractivity contribution in [1.29, 1.82) is 0 Å². The summed E-state index contributed by atoms with van der Waals surface area (Å²) in [6.45, 7) is 2.44. The highest BCUT2D eigenvalue weighted by Crippen LogP contribution is 2.37. The number of nitro groups is 1. The van der Waals surface area contributed by atoms with Gasteiger partial charge in [0.05, 0.1) is 15.9 Å². The second kappa shape index (κ2) is 5.58. The molecule has 1 aromatic carbocycles. The molecule has 0 spiro atoms. The maximum Gasteiger partial charge on any atom is 0.418 e. The Balaban J connectivity index is 3.13. The van der Waals surface area contributed by atoms with Crippen molar-refractivity contribution in [3.05, 3.63) is 33.9 Å². The summed E-state index contributed by atoms with van der Waals surface area (Å²) in [6.07, 6.45) is -4.79. The van der Waals surface area contributed by atoms with Gasteiger partial charge >= 0.3 is 12.1 Å². The number of benzene rings is 1. The predicted octanol–water partition coefficient (Wildman–Crippen LogP) is 3.14. The van der Waals surface area contributed by atoms with Crippen LogP contribution in [-0.2, 0) is 11.0 Å². The maximum atomic E-state index is 12.9. The average molecular weight is 306 g/mol. The Bertz CT molecular complexity index is 570. The number of anilines is 1. The Hall–Kier alpha value is -2.32. The third-order valence-corrected chi connectivity index (χ3v) is 2.82. The molecule has 0 aliphatic rings. The molecule has 0 saturated carbocycles. The van der Waals surface area contributed by atoms with Gasteiger partial charge in [0, 0.05) is 24.4 Å². The van der Waals surface area contributed by atoms with Crippen LogP contribution in [0.5, 0.6) is 0 Å². The van der Waals surface area contributed by atoms with Crippen molar-refractivity contribution in [3.63, 3.8) is 0 Å². The molecule has 0 bridgehead atoms. The Morgan fingerprint density at radius 3 is 2.38 bits per heavy atom. The first-order valence-electron chi connectivity index (χ1n) is 5.78. The van der Waals surface area contributed by atoms with E-state index in [0.29, 0.717) is 6.07 Å². The highest BCUT2D eigenvalue weighted by molar-refractivity contribution is 5.74. The Kier molecular flexibility index (Phi) is 4.45. The number of nitrogens with one attached hydrogen (secondary N) is 1. The van der Waals surface area contributed by atoms with Crippen LogP contribution in [0.25, 0.3) is 0 Å². The molecule has 0 aromatic heterocycles. The van der Waals surface area contributed by atoms with Crippen LogP contribution in [0.15, 0.2) is 18.2 Å². The molecule has 0 heterocycles. The van der Waals surface area contributed by atoms with E-state index in [2.05, 4.69) is 5.32 Å². The number of carboxylic acid groups (broad SMARTS) is 1. The lowest BCUT2D eigenvalue weighted by Crippen LogP contribution is -2.32. The lowest BCUT2D eigenvalue weighted by molar-refractivity contribution is -0.385. The summed E-state index contributed by atoms with van der Waals surface area (Å²) < 4.78 is 38.7. The third kappa shape index (κ3) is 4.07. The van der Waals surface area contributed by atoms with Crippen LogP contribution in [0, 0.1) is 15.5 Å². The minimum atomic E-state index is -4.79. The standard InChI is InChI=1S/C12H13F3N2O4/c1-11(2,10(18)19)6-16-9-4-3-7(17(20)21)5-8(9)12(13,14)15/h3-5,16H,6H2,1-2H3,(H,18,19). The van der Waals surface area contributed by atoms with Gasteiger partial charge in [-0.15, -0.1) is 0 Å². The topological polar surface area (TPSA) is 92.5 Å². The molecule has 0 fully saturated rings. The second-order valence-corrected chi connectivity index (χ2v) is 5.03. The zero-order valence-corrected chi connectivity index (χ0v) is 11.2. The van der Waals surface area contributed by atoms with Gasteiger partial charge in [0.25, 0.3) is 5.69 Å². The number of nitro benzene ring substituents is 1. The molecule has 0 radical (unpaired) electrons. The van der Waals surface area contributed by atoms with Crippen LogP contribution in [0.2, 0.25) is 0 Å². The minimum Gasteiger partial charge on any atom is -0.481 e. The highest BCUT2D eigenvalue weighted by Gasteiger charge is 2.36. The first-order valence-corrected chi connectivity index (χ1v) is 5.78. The number of aliphatic carboxylic acids is 1. The minimum absolute atomic E-state index is 0.261. The van der Waals surface area contributed by atoms with Gasteiger partial charge in [0.15, 0.2) is 0 Å². The quantitative estimate of drug-likeness (QED) is 0.644. The molecule has 1 aromatic rings. The largest absolute Gasteiger partial charge is 0.481 e. The first kappa shape index (κ1) is 16.7. The molecule has 0 aliphatic heterocycles. The summed E-state index contributed by atoms with van der Waals surface area (Å²) in [6, 6.07) is 2.25. The molecule has 0 unspecified atom stereocenters. The Morgan fingerprint density at radius 1 is 1.38 bits per heavy atom. The van der Waals surface area contributed by atoms with Crippen molar-refractivity contribution in [1.82, 2.24) is 0 Å². The molecule has 21 heavy (non-hydrogen) atoms. The van der Waals surface area contributed by atoms with Crippen LogP contribution in [0.4, 0.5) is 24.5 Å². The van der Waals surface area contributed by atoms with Crippen molar-refractivity contribution in [2.45, 2.75) is 20.0 Å². The van der Waals surface area contributed by atoms with Crippen molar-refractivity contribution in [2.24, 2.45) is 5.41 Å². The van der Waals surface area contributed by atoms with Gasteiger partial charge in [-0.1, -0.05) is 0 Å². The fraction of sp³-hybridized carbons (Fsp3) is 0.417. The average Bonchev–Trinajstić information content (AvgIpc) is 2.34. The first-order chi connectivity index (χ1) is 9.45. The van der Waals surface area contributed by atoms with E-state index in [1.165, 1.54) is 13.8 Å². The van der Waals surface area contributed by atoms with Crippen molar-refractivity contribution < 1.29 is 28.0 Å². The zero-order chi connectivity index (χ0) is 16.4. The van der Waals surface area contributed by atoms with Crippen LogP contribution in [0.3, 0.4) is 0 Å². The maximum absolute atomic E-state index is 12.9. The van der Waals surface area contributed by atoms with Gasteiger partial charge < -0.3 is 10.4 Å². The van der Waals surface area contributed by atoms with Crippen molar-refractivity contribution >= 4 is 17.3 Å². The van der Waals surface area contributed by atoms with E-state index in [-0.39, 0.29) is 6.54 Å². The predicted molar refractivity (Wildman–Crippen MR) is 68.0 cm³/mol. The molecule has 2 N–H and O–H groups in total. The fourth-order valence-corrected chi connectivity index (χ4v) is 1.43. The molecule has 116 valence electrons. The zero-order valence-electron chi connectivity index (χ0n) is 11.2. The molecule has 1 rings (SSSR count). The lowest BCUT2D eigenvalue weighted by atomic mass is 9.93. The Morgan fingerprint density at radius 2 is 1.95 bits per heavy atom. The normalized spacial score (nSPS) is 12.0. The molecular formula is C12H13F3N2O4. The third-order valence-electron chi connectivity index (χ3n) is 2.82. The molecule has 0 atom stereocenters. The van der Waals surface area contributed by atoms with Gasteiger partial charge in [0.1, 0.15) is 0 Å². The van der Waals surface area contributed by atoms with Crippen LogP contribution in [-0.4, -0.2) is 22.5 Å². The molecule has 0 aliphatic carbocycles. The number of halogens is 3. The number of hydrogen-bond acceptors (Lipinski definition) is 4. The monoisotopic (exact) mass is 306 g/mol. The van der Waals surface area contributed by atoms with Crippen LogP contribution in [0.1, 0.15) is 19.4 Å². The highest BCUT2D eigenvalue weighted by atomic mass is 19.4. The number of carbonyl (C=O) groups is 1. The van der Waals surface area contributed by atoms with E-state index in [1.807, 2.05) is 0 Å². The second-order valence-electron chi connectivity index (χ2n) is 5.03. The fourth-order valence-electron chi connectivity index (χ4n) is 1.43. The lowest BCUT2D eigenvalue weighted by Gasteiger charge is -2.22. The van der Waals surface area contributed by atoms with Gasteiger partial charge in [-0.25, -0.2) is 0 Å². The van der Waals surface area contributed by atoms with E-state index in [9.17, 15) is 28.1 Å². The van der Waals surface area contributed by atoms with Crippen LogP contribution >= 0.6 is 0 Å².